The molecule has 1 atom stereocenters. The molecule has 4 heterocycles. The average Bonchev–Trinajstić information content (AvgIpc) is 3.42. The summed E-state index contributed by atoms with van der Waals surface area (Å²) < 4.78 is 18.6. The number of nitrogens with one attached hydrogen (secondary N) is 2. The molecule has 150 valence electrons. The zero-order valence-corrected chi connectivity index (χ0v) is 15.8. The summed E-state index contributed by atoms with van der Waals surface area (Å²) >= 11 is 0. The summed E-state index contributed by atoms with van der Waals surface area (Å²) in [6.07, 6.45) is 2.58. The maximum atomic E-state index is 13.1. The highest BCUT2D eigenvalue weighted by Gasteiger charge is 2.32. The van der Waals surface area contributed by atoms with Gasteiger partial charge in [-0.05, 0) is 37.1 Å². The van der Waals surface area contributed by atoms with E-state index in [-0.39, 0.29) is 17.6 Å². The van der Waals surface area contributed by atoms with Crippen molar-refractivity contribution >= 4 is 5.91 Å². The number of carbonyl (C=O) groups excluding carboxylic acids is 1. The normalized spacial score (nSPS) is 19.2. The Morgan fingerprint density at radius 2 is 2.14 bits per heavy atom. The lowest BCUT2D eigenvalue weighted by Crippen LogP contribution is -2.40. The van der Waals surface area contributed by atoms with Crippen LogP contribution in [-0.4, -0.2) is 50.8 Å². The van der Waals surface area contributed by atoms with E-state index in [1.54, 1.807) is 12.1 Å². The smallest absolute Gasteiger partial charge is 0.274 e. The Hall–Kier alpha value is -3.07. The molecule has 3 aromatic rings. The number of aromatic nitrogens is 4. The topological polar surface area (TPSA) is 99.9 Å². The van der Waals surface area contributed by atoms with E-state index in [0.717, 1.165) is 37.1 Å². The number of piperidine rings is 1. The van der Waals surface area contributed by atoms with Gasteiger partial charge in [-0.3, -0.25) is 9.89 Å². The van der Waals surface area contributed by atoms with Gasteiger partial charge in [-0.25, -0.2) is 4.39 Å². The molecule has 1 fully saturated rings. The zero-order valence-electron chi connectivity index (χ0n) is 15.8. The van der Waals surface area contributed by atoms with E-state index in [0.29, 0.717) is 42.6 Å². The number of rotatable bonds is 3. The first kappa shape index (κ1) is 18.0. The highest BCUT2D eigenvalue weighted by atomic mass is 19.1. The summed E-state index contributed by atoms with van der Waals surface area (Å²) in [5.74, 6) is 0.537. The first-order valence-electron chi connectivity index (χ1n) is 9.84. The molecule has 2 N–H and O–H groups in total. The second-order valence-electron chi connectivity index (χ2n) is 7.51. The number of aromatic amines is 1. The van der Waals surface area contributed by atoms with E-state index in [1.807, 2.05) is 4.90 Å². The molecule has 0 radical (unpaired) electrons. The third kappa shape index (κ3) is 3.42. The van der Waals surface area contributed by atoms with Crippen LogP contribution in [-0.2, 0) is 13.0 Å². The molecule has 0 aliphatic carbocycles. The van der Waals surface area contributed by atoms with Crippen LogP contribution in [0, 0.1) is 5.82 Å². The monoisotopic (exact) mass is 396 g/mol. The Labute approximate surface area is 166 Å². The number of H-pyrrole nitrogens is 1. The number of amides is 1. The van der Waals surface area contributed by atoms with Gasteiger partial charge in [0, 0.05) is 49.4 Å². The predicted molar refractivity (Wildman–Crippen MR) is 102 cm³/mol. The summed E-state index contributed by atoms with van der Waals surface area (Å²) in [6.45, 7) is 2.75. The van der Waals surface area contributed by atoms with Gasteiger partial charge < -0.3 is 14.7 Å². The molecule has 9 heteroatoms. The van der Waals surface area contributed by atoms with Gasteiger partial charge in [-0.15, -0.1) is 0 Å². The van der Waals surface area contributed by atoms with Crippen molar-refractivity contribution in [3.8, 4) is 11.4 Å². The maximum Gasteiger partial charge on any atom is 0.274 e. The fraction of sp³-hybridized carbons (Fsp3) is 0.400. The van der Waals surface area contributed by atoms with Gasteiger partial charge in [0.05, 0.1) is 5.92 Å². The number of carbonyl (C=O) groups is 1. The quantitative estimate of drug-likeness (QED) is 0.705. The lowest BCUT2D eigenvalue weighted by molar-refractivity contribution is 0.0688. The van der Waals surface area contributed by atoms with Crippen LogP contribution in [0.15, 0.2) is 28.8 Å². The van der Waals surface area contributed by atoms with E-state index in [1.165, 1.54) is 12.1 Å². The minimum absolute atomic E-state index is 0.0257. The lowest BCUT2D eigenvalue weighted by Gasteiger charge is -2.30. The van der Waals surface area contributed by atoms with Crippen molar-refractivity contribution in [2.45, 2.75) is 31.7 Å². The Morgan fingerprint density at radius 3 is 3.00 bits per heavy atom. The number of hydrogen-bond donors (Lipinski definition) is 2. The van der Waals surface area contributed by atoms with Gasteiger partial charge in [0.25, 0.3) is 5.91 Å². The van der Waals surface area contributed by atoms with Gasteiger partial charge in [0.15, 0.2) is 5.69 Å². The van der Waals surface area contributed by atoms with Crippen LogP contribution in [0.1, 0.15) is 46.4 Å². The minimum Gasteiger partial charge on any atom is -0.339 e. The Morgan fingerprint density at radius 1 is 1.28 bits per heavy atom. The van der Waals surface area contributed by atoms with E-state index in [9.17, 15) is 9.18 Å². The van der Waals surface area contributed by atoms with Crippen LogP contribution < -0.4 is 5.32 Å². The van der Waals surface area contributed by atoms with Gasteiger partial charge in [-0.1, -0.05) is 5.16 Å². The Bertz CT molecular complexity index is 1030. The molecule has 2 aromatic heterocycles. The third-order valence-corrected chi connectivity index (χ3v) is 5.61. The molecule has 1 saturated heterocycles. The molecule has 1 unspecified atom stereocenters. The van der Waals surface area contributed by atoms with Gasteiger partial charge in [0.1, 0.15) is 5.82 Å². The summed E-state index contributed by atoms with van der Waals surface area (Å²) in [5.41, 5.74) is 3.22. The number of fused-ring (bicyclic) bond motifs is 1. The summed E-state index contributed by atoms with van der Waals surface area (Å²) in [7, 11) is 0. The molecule has 29 heavy (non-hydrogen) atoms. The molecule has 0 bridgehead atoms. The molecule has 2 aliphatic rings. The maximum absolute atomic E-state index is 13.1. The van der Waals surface area contributed by atoms with Crippen molar-refractivity contribution < 1.29 is 13.7 Å². The van der Waals surface area contributed by atoms with Gasteiger partial charge in [0.2, 0.25) is 11.7 Å². The molecule has 1 aromatic carbocycles. The van der Waals surface area contributed by atoms with E-state index in [4.69, 9.17) is 4.52 Å². The molecular formula is C20H21FN6O2. The van der Waals surface area contributed by atoms with Gasteiger partial charge in [-0.2, -0.15) is 10.1 Å². The van der Waals surface area contributed by atoms with Crippen molar-refractivity contribution in [2.75, 3.05) is 19.6 Å². The molecule has 1 amide bonds. The lowest BCUT2D eigenvalue weighted by atomic mass is 9.97. The molecule has 8 nitrogen and oxygen atoms in total. The third-order valence-electron chi connectivity index (χ3n) is 5.61. The fourth-order valence-electron chi connectivity index (χ4n) is 4.03. The van der Waals surface area contributed by atoms with Crippen LogP contribution in [0.4, 0.5) is 4.39 Å². The second-order valence-corrected chi connectivity index (χ2v) is 7.51. The fourth-order valence-corrected chi connectivity index (χ4v) is 4.03. The van der Waals surface area contributed by atoms with Gasteiger partial charge >= 0.3 is 0 Å². The van der Waals surface area contributed by atoms with Crippen LogP contribution >= 0.6 is 0 Å². The second kappa shape index (κ2) is 7.40. The largest absolute Gasteiger partial charge is 0.339 e. The van der Waals surface area contributed by atoms with Crippen LogP contribution in [0.5, 0.6) is 0 Å². The minimum atomic E-state index is -0.311. The Kier molecular flexibility index (Phi) is 4.59. The number of likely N-dealkylation sites (tertiary alicyclic amines) is 1. The number of hydrogen-bond acceptors (Lipinski definition) is 6. The van der Waals surface area contributed by atoms with Crippen molar-refractivity contribution in [2.24, 2.45) is 0 Å². The molecular weight excluding hydrogens is 375 g/mol. The summed E-state index contributed by atoms with van der Waals surface area (Å²) in [5, 5.41) is 14.6. The van der Waals surface area contributed by atoms with Crippen LogP contribution in [0.2, 0.25) is 0 Å². The first-order chi connectivity index (χ1) is 14.2. The first-order valence-corrected chi connectivity index (χ1v) is 9.84. The standard InChI is InChI=1S/C20H21FN6O2/c21-14-5-3-12(4-6-14)18-23-19(29-26-18)13-2-1-9-27(11-13)20(28)17-15-10-22-8-7-16(15)24-25-17/h3-6,13,22H,1-2,7-11H2,(H,24,25). The van der Waals surface area contributed by atoms with Crippen LogP contribution in [0.25, 0.3) is 11.4 Å². The number of halogens is 1. The Balaban J connectivity index is 1.33. The highest BCUT2D eigenvalue weighted by molar-refractivity contribution is 5.94. The zero-order chi connectivity index (χ0) is 19.8. The molecule has 5 rings (SSSR count). The summed E-state index contributed by atoms with van der Waals surface area (Å²) in [6, 6.07) is 5.97. The summed E-state index contributed by atoms with van der Waals surface area (Å²) in [4.78, 5) is 19.4. The molecule has 2 aliphatic heterocycles. The van der Waals surface area contributed by atoms with Crippen molar-refractivity contribution in [3.63, 3.8) is 0 Å². The number of benzene rings is 1. The molecule has 0 saturated carbocycles. The van der Waals surface area contributed by atoms with Crippen LogP contribution in [0.3, 0.4) is 0 Å². The predicted octanol–water partition coefficient (Wildman–Crippen LogP) is 2.26. The number of nitrogens with zero attached hydrogens (tertiary/aromatic N) is 4. The van der Waals surface area contributed by atoms with E-state index >= 15 is 0 Å². The average molecular weight is 396 g/mol. The van der Waals surface area contributed by atoms with Crippen molar-refractivity contribution in [3.05, 3.63) is 52.9 Å². The van der Waals surface area contributed by atoms with E-state index in [2.05, 4.69) is 25.7 Å². The highest BCUT2D eigenvalue weighted by Crippen LogP contribution is 2.29. The van der Waals surface area contributed by atoms with E-state index < -0.39 is 0 Å². The van der Waals surface area contributed by atoms with Crippen molar-refractivity contribution in [1.29, 1.82) is 0 Å². The SMILES string of the molecule is O=C(c1n[nH]c2c1CNCC2)N1CCCC(c2nc(-c3ccc(F)cc3)no2)C1. The van der Waals surface area contributed by atoms with Crippen molar-refractivity contribution in [1.82, 2.24) is 30.6 Å². The molecule has 0 spiro atoms.